The summed E-state index contributed by atoms with van der Waals surface area (Å²) in [6, 6.07) is 15.7. The van der Waals surface area contributed by atoms with E-state index in [1.165, 1.54) is 10.9 Å². The van der Waals surface area contributed by atoms with Crippen LogP contribution in [0.4, 0.5) is 0 Å². The molecule has 2 amide bonds. The smallest absolute Gasteiger partial charge is 0.224 e. The average molecular weight is 391 g/mol. The van der Waals surface area contributed by atoms with Crippen LogP contribution in [-0.4, -0.2) is 30.5 Å². The van der Waals surface area contributed by atoms with Gasteiger partial charge >= 0.3 is 0 Å². The Morgan fingerprint density at radius 3 is 2.52 bits per heavy atom. The molecule has 2 unspecified atom stereocenters. The predicted molar refractivity (Wildman–Crippen MR) is 111 cm³/mol. The number of ether oxygens (including phenoxy) is 1. The zero-order chi connectivity index (χ0) is 20.2. The number of aromatic amines is 1. The Kier molecular flexibility index (Phi) is 5.51. The van der Waals surface area contributed by atoms with Crippen LogP contribution in [0.5, 0.6) is 5.75 Å². The summed E-state index contributed by atoms with van der Waals surface area (Å²) in [5.41, 5.74) is 3.29. The van der Waals surface area contributed by atoms with Crippen LogP contribution in [-0.2, 0) is 22.6 Å². The monoisotopic (exact) mass is 391 g/mol. The van der Waals surface area contributed by atoms with Crippen LogP contribution in [0.1, 0.15) is 17.5 Å². The number of para-hydroxylation sites is 1. The van der Waals surface area contributed by atoms with Crippen LogP contribution in [0.2, 0.25) is 0 Å². The first kappa shape index (κ1) is 19.1. The summed E-state index contributed by atoms with van der Waals surface area (Å²) in [5, 5.41) is 7.07. The fraction of sp³-hybridized carbons (Fsp3) is 0.304. The Bertz CT molecular complexity index is 1010. The zero-order valence-corrected chi connectivity index (χ0v) is 16.4. The molecule has 0 bridgehead atoms. The number of carbonyl (C=O) groups is 2. The molecule has 3 N–H and O–H groups in total. The molecular formula is C23H25N3O3. The zero-order valence-electron chi connectivity index (χ0n) is 16.4. The van der Waals surface area contributed by atoms with Gasteiger partial charge in [0.25, 0.3) is 0 Å². The maximum Gasteiger partial charge on any atom is 0.224 e. The highest BCUT2D eigenvalue weighted by Gasteiger charge is 2.47. The Hall–Kier alpha value is -3.28. The highest BCUT2D eigenvalue weighted by atomic mass is 16.5. The molecule has 1 aliphatic carbocycles. The largest absolute Gasteiger partial charge is 0.497 e. The van der Waals surface area contributed by atoms with E-state index in [0.29, 0.717) is 19.5 Å². The number of methoxy groups -OCH3 is 1. The third-order valence-electron chi connectivity index (χ3n) is 5.46. The number of aromatic nitrogens is 1. The van der Waals surface area contributed by atoms with Crippen molar-refractivity contribution in [3.63, 3.8) is 0 Å². The molecule has 6 nitrogen and oxygen atoms in total. The molecule has 6 heteroatoms. The standard InChI is InChI=1S/C23H25N3O3/c1-29-17-8-6-15(7-9-17)13-26-23(28)20-12-19(20)22(27)24-11-10-16-14-25-21-5-3-2-4-18(16)21/h2-9,14,19-20,25H,10-13H2,1H3,(H,24,27)(H,26,28). The molecular weight excluding hydrogens is 366 g/mol. The molecule has 0 saturated heterocycles. The summed E-state index contributed by atoms with van der Waals surface area (Å²) in [5.74, 6) is 0.258. The number of hydrogen-bond acceptors (Lipinski definition) is 3. The molecule has 0 spiro atoms. The van der Waals surface area contributed by atoms with Crippen LogP contribution >= 0.6 is 0 Å². The number of nitrogens with one attached hydrogen (secondary N) is 3. The molecule has 1 aliphatic rings. The lowest BCUT2D eigenvalue weighted by Gasteiger charge is -2.07. The Labute approximate surface area is 169 Å². The van der Waals surface area contributed by atoms with Gasteiger partial charge < -0.3 is 20.4 Å². The molecule has 1 saturated carbocycles. The Morgan fingerprint density at radius 1 is 1.03 bits per heavy atom. The van der Waals surface area contributed by atoms with Crippen molar-refractivity contribution in [2.75, 3.05) is 13.7 Å². The van der Waals surface area contributed by atoms with Crippen molar-refractivity contribution in [3.05, 3.63) is 65.9 Å². The van der Waals surface area contributed by atoms with E-state index in [-0.39, 0.29) is 23.7 Å². The number of rotatable bonds is 8. The summed E-state index contributed by atoms with van der Waals surface area (Å²) in [6.07, 6.45) is 3.37. The third-order valence-corrected chi connectivity index (χ3v) is 5.46. The van der Waals surface area contributed by atoms with Crippen molar-refractivity contribution in [1.82, 2.24) is 15.6 Å². The van der Waals surface area contributed by atoms with Crippen LogP contribution in [0.25, 0.3) is 10.9 Å². The van der Waals surface area contributed by atoms with Crippen LogP contribution in [0, 0.1) is 11.8 Å². The highest BCUT2D eigenvalue weighted by molar-refractivity contribution is 5.92. The van der Waals surface area contributed by atoms with E-state index in [1.807, 2.05) is 48.7 Å². The minimum atomic E-state index is -0.221. The molecule has 29 heavy (non-hydrogen) atoms. The highest BCUT2D eigenvalue weighted by Crippen LogP contribution is 2.38. The number of carbonyl (C=O) groups excluding carboxylic acids is 2. The van der Waals surface area contributed by atoms with Gasteiger partial charge in [0, 0.05) is 30.2 Å². The average Bonchev–Trinajstić information content (AvgIpc) is 3.47. The molecule has 1 heterocycles. The van der Waals surface area contributed by atoms with Gasteiger partial charge in [-0.05, 0) is 42.2 Å². The molecule has 1 fully saturated rings. The summed E-state index contributed by atoms with van der Waals surface area (Å²) in [7, 11) is 1.62. The molecule has 0 aliphatic heterocycles. The number of hydrogen-bond donors (Lipinski definition) is 3. The molecule has 1 aromatic heterocycles. The molecule has 4 rings (SSSR count). The Morgan fingerprint density at radius 2 is 1.76 bits per heavy atom. The fourth-order valence-electron chi connectivity index (χ4n) is 3.63. The normalized spacial score (nSPS) is 17.7. The number of fused-ring (bicyclic) bond motifs is 1. The van der Waals surface area contributed by atoms with Gasteiger partial charge in [-0.3, -0.25) is 9.59 Å². The summed E-state index contributed by atoms with van der Waals surface area (Å²) in [4.78, 5) is 27.9. The maximum atomic E-state index is 12.3. The van der Waals surface area contributed by atoms with Gasteiger partial charge in [-0.2, -0.15) is 0 Å². The Balaban J connectivity index is 1.20. The number of H-pyrrole nitrogens is 1. The van der Waals surface area contributed by atoms with Gasteiger partial charge in [-0.25, -0.2) is 0 Å². The topological polar surface area (TPSA) is 83.2 Å². The van der Waals surface area contributed by atoms with Gasteiger partial charge in [-0.1, -0.05) is 30.3 Å². The van der Waals surface area contributed by atoms with Gasteiger partial charge in [0.15, 0.2) is 0 Å². The summed E-state index contributed by atoms with van der Waals surface area (Å²) >= 11 is 0. The van der Waals surface area contributed by atoms with E-state index in [9.17, 15) is 9.59 Å². The van der Waals surface area contributed by atoms with Crippen LogP contribution in [0.15, 0.2) is 54.7 Å². The van der Waals surface area contributed by atoms with Crippen LogP contribution in [0.3, 0.4) is 0 Å². The molecule has 2 aromatic carbocycles. The molecule has 0 radical (unpaired) electrons. The van der Waals surface area contributed by atoms with E-state index >= 15 is 0 Å². The third kappa shape index (κ3) is 4.42. The first-order valence-corrected chi connectivity index (χ1v) is 9.89. The lowest BCUT2D eigenvalue weighted by atomic mass is 10.1. The van der Waals surface area contributed by atoms with Crippen molar-refractivity contribution in [2.24, 2.45) is 11.8 Å². The summed E-state index contributed by atoms with van der Waals surface area (Å²) in [6.45, 7) is 1.02. The lowest BCUT2D eigenvalue weighted by molar-refractivity contribution is -0.127. The van der Waals surface area contributed by atoms with Gasteiger partial charge in [-0.15, -0.1) is 0 Å². The second-order valence-electron chi connectivity index (χ2n) is 7.42. The van der Waals surface area contributed by atoms with Gasteiger partial charge in [0.2, 0.25) is 11.8 Å². The maximum absolute atomic E-state index is 12.3. The second-order valence-corrected chi connectivity index (χ2v) is 7.42. The summed E-state index contributed by atoms with van der Waals surface area (Å²) < 4.78 is 5.13. The fourth-order valence-corrected chi connectivity index (χ4v) is 3.63. The van der Waals surface area contributed by atoms with E-state index in [0.717, 1.165) is 23.3 Å². The predicted octanol–water partition coefficient (Wildman–Crippen LogP) is 2.79. The van der Waals surface area contributed by atoms with Gasteiger partial charge in [0.05, 0.1) is 18.9 Å². The lowest BCUT2D eigenvalue weighted by Crippen LogP contribution is -2.31. The van der Waals surface area contributed by atoms with E-state index in [1.54, 1.807) is 7.11 Å². The molecule has 150 valence electrons. The minimum absolute atomic E-state index is 0.0329. The first-order valence-electron chi connectivity index (χ1n) is 9.89. The quantitative estimate of drug-likeness (QED) is 0.552. The van der Waals surface area contributed by atoms with E-state index in [2.05, 4.69) is 21.7 Å². The van der Waals surface area contributed by atoms with Gasteiger partial charge in [0.1, 0.15) is 5.75 Å². The van der Waals surface area contributed by atoms with Crippen molar-refractivity contribution in [2.45, 2.75) is 19.4 Å². The molecule has 2 atom stereocenters. The number of benzene rings is 2. The van der Waals surface area contributed by atoms with Crippen LogP contribution < -0.4 is 15.4 Å². The molecule has 3 aromatic rings. The van der Waals surface area contributed by atoms with Crippen molar-refractivity contribution < 1.29 is 14.3 Å². The van der Waals surface area contributed by atoms with E-state index < -0.39 is 0 Å². The van der Waals surface area contributed by atoms with E-state index in [4.69, 9.17) is 4.74 Å². The SMILES string of the molecule is COc1ccc(CNC(=O)C2CC2C(=O)NCCc2c[nH]c3ccccc23)cc1. The van der Waals surface area contributed by atoms with Crippen molar-refractivity contribution in [3.8, 4) is 5.75 Å². The minimum Gasteiger partial charge on any atom is -0.497 e. The van der Waals surface area contributed by atoms with Crippen molar-refractivity contribution >= 4 is 22.7 Å². The second kappa shape index (κ2) is 8.39. The number of amides is 2. The first-order chi connectivity index (χ1) is 14.2. The van der Waals surface area contributed by atoms with Crippen molar-refractivity contribution in [1.29, 1.82) is 0 Å².